The van der Waals surface area contributed by atoms with Crippen molar-refractivity contribution >= 4 is 11.9 Å². The molecule has 2 rings (SSSR count). The lowest BCUT2D eigenvalue weighted by molar-refractivity contribution is -0.149. The summed E-state index contributed by atoms with van der Waals surface area (Å²) in [7, 11) is 0. The third-order valence-electron chi connectivity index (χ3n) is 5.15. The van der Waals surface area contributed by atoms with E-state index in [1.807, 2.05) is 13.8 Å². The summed E-state index contributed by atoms with van der Waals surface area (Å²) in [5.41, 5.74) is -1.03. The SMILES string of the molecule is CCC1(C(=O)O)CCN(C(=O)C2(CC)CCNC2)C1. The Morgan fingerprint density at radius 3 is 2.32 bits per heavy atom. The van der Waals surface area contributed by atoms with E-state index >= 15 is 0 Å². The number of hydrogen-bond acceptors (Lipinski definition) is 3. The monoisotopic (exact) mass is 268 g/mol. The second-order valence-electron chi connectivity index (χ2n) is 5.98. The zero-order chi connectivity index (χ0) is 14.1. The van der Waals surface area contributed by atoms with Crippen LogP contribution in [0.5, 0.6) is 0 Å². The lowest BCUT2D eigenvalue weighted by Gasteiger charge is -2.31. The van der Waals surface area contributed by atoms with Crippen LogP contribution in [0.1, 0.15) is 39.5 Å². The highest BCUT2D eigenvalue weighted by molar-refractivity contribution is 5.85. The van der Waals surface area contributed by atoms with Crippen molar-refractivity contribution in [3.8, 4) is 0 Å². The van der Waals surface area contributed by atoms with Gasteiger partial charge in [-0.2, -0.15) is 0 Å². The van der Waals surface area contributed by atoms with Crippen molar-refractivity contribution in [1.29, 1.82) is 0 Å². The molecular weight excluding hydrogens is 244 g/mol. The first-order valence-electron chi connectivity index (χ1n) is 7.23. The number of carboxylic acid groups (broad SMARTS) is 1. The molecule has 0 aromatic carbocycles. The van der Waals surface area contributed by atoms with E-state index in [1.54, 1.807) is 4.90 Å². The van der Waals surface area contributed by atoms with Gasteiger partial charge in [-0.25, -0.2) is 0 Å². The van der Waals surface area contributed by atoms with Gasteiger partial charge in [0, 0.05) is 19.6 Å². The van der Waals surface area contributed by atoms with Crippen LogP contribution in [0.2, 0.25) is 0 Å². The second-order valence-corrected chi connectivity index (χ2v) is 5.98. The van der Waals surface area contributed by atoms with Crippen LogP contribution in [-0.4, -0.2) is 48.1 Å². The van der Waals surface area contributed by atoms with Gasteiger partial charge in [-0.05, 0) is 32.2 Å². The fraction of sp³-hybridized carbons (Fsp3) is 0.857. The third-order valence-corrected chi connectivity index (χ3v) is 5.15. The van der Waals surface area contributed by atoms with E-state index < -0.39 is 11.4 Å². The Balaban J connectivity index is 2.12. The summed E-state index contributed by atoms with van der Waals surface area (Å²) in [6.07, 6.45) is 2.86. The van der Waals surface area contributed by atoms with E-state index in [-0.39, 0.29) is 11.3 Å². The summed E-state index contributed by atoms with van der Waals surface area (Å²) in [6, 6.07) is 0. The van der Waals surface area contributed by atoms with E-state index in [4.69, 9.17) is 0 Å². The summed E-state index contributed by atoms with van der Waals surface area (Å²) < 4.78 is 0. The smallest absolute Gasteiger partial charge is 0.311 e. The Bertz CT molecular complexity index is 377. The highest BCUT2D eigenvalue weighted by Gasteiger charge is 2.49. The van der Waals surface area contributed by atoms with Gasteiger partial charge in [-0.1, -0.05) is 13.8 Å². The molecule has 0 radical (unpaired) electrons. The molecule has 0 bridgehead atoms. The summed E-state index contributed by atoms with van der Waals surface area (Å²) in [6.45, 7) is 6.51. The van der Waals surface area contributed by atoms with E-state index in [0.717, 1.165) is 25.9 Å². The average Bonchev–Trinajstić information content (AvgIpc) is 3.06. The summed E-state index contributed by atoms with van der Waals surface area (Å²) >= 11 is 0. The first kappa shape index (κ1) is 14.3. The average molecular weight is 268 g/mol. The Morgan fingerprint density at radius 1 is 1.21 bits per heavy atom. The molecule has 2 aliphatic rings. The van der Waals surface area contributed by atoms with Gasteiger partial charge in [0.25, 0.3) is 0 Å². The van der Waals surface area contributed by atoms with E-state index in [2.05, 4.69) is 5.32 Å². The maximum atomic E-state index is 12.7. The number of carboxylic acids is 1. The third kappa shape index (κ3) is 2.24. The summed E-state index contributed by atoms with van der Waals surface area (Å²) in [5, 5.41) is 12.7. The van der Waals surface area contributed by atoms with Crippen molar-refractivity contribution in [2.75, 3.05) is 26.2 Å². The minimum atomic E-state index is -0.764. The van der Waals surface area contributed by atoms with Crippen molar-refractivity contribution in [1.82, 2.24) is 10.2 Å². The molecule has 0 aromatic rings. The van der Waals surface area contributed by atoms with Gasteiger partial charge < -0.3 is 15.3 Å². The number of likely N-dealkylation sites (tertiary alicyclic amines) is 1. The van der Waals surface area contributed by atoms with Gasteiger partial charge in [-0.3, -0.25) is 9.59 Å². The number of carbonyl (C=O) groups excluding carboxylic acids is 1. The molecule has 5 heteroatoms. The second kappa shape index (κ2) is 5.12. The van der Waals surface area contributed by atoms with Crippen LogP contribution in [0.15, 0.2) is 0 Å². The molecular formula is C14H24N2O3. The number of aliphatic carboxylic acids is 1. The van der Waals surface area contributed by atoms with Crippen molar-refractivity contribution in [3.05, 3.63) is 0 Å². The van der Waals surface area contributed by atoms with Gasteiger partial charge in [0.05, 0.1) is 10.8 Å². The number of rotatable bonds is 4. The van der Waals surface area contributed by atoms with Gasteiger partial charge >= 0.3 is 5.97 Å². The minimum Gasteiger partial charge on any atom is -0.481 e. The first-order chi connectivity index (χ1) is 8.99. The maximum absolute atomic E-state index is 12.7. The van der Waals surface area contributed by atoms with Gasteiger partial charge in [0.15, 0.2) is 0 Å². The predicted molar refractivity (Wildman–Crippen MR) is 71.8 cm³/mol. The highest BCUT2D eigenvalue weighted by Crippen LogP contribution is 2.39. The number of amides is 1. The normalized spacial score (nSPS) is 34.7. The van der Waals surface area contributed by atoms with Crippen LogP contribution in [0.4, 0.5) is 0 Å². The van der Waals surface area contributed by atoms with Crippen LogP contribution in [0, 0.1) is 10.8 Å². The van der Waals surface area contributed by atoms with Crippen molar-refractivity contribution in [2.45, 2.75) is 39.5 Å². The van der Waals surface area contributed by atoms with Gasteiger partial charge in [0.2, 0.25) is 5.91 Å². The first-order valence-corrected chi connectivity index (χ1v) is 7.23. The molecule has 0 saturated carbocycles. The Labute approximate surface area is 114 Å². The van der Waals surface area contributed by atoms with Crippen molar-refractivity contribution in [2.24, 2.45) is 10.8 Å². The fourth-order valence-electron chi connectivity index (χ4n) is 3.37. The number of carbonyl (C=O) groups is 2. The van der Waals surface area contributed by atoms with E-state index in [1.165, 1.54) is 0 Å². The van der Waals surface area contributed by atoms with E-state index in [0.29, 0.717) is 25.9 Å². The molecule has 2 saturated heterocycles. The van der Waals surface area contributed by atoms with Crippen LogP contribution in [-0.2, 0) is 9.59 Å². The molecule has 5 nitrogen and oxygen atoms in total. The zero-order valence-corrected chi connectivity index (χ0v) is 11.9. The number of nitrogens with one attached hydrogen (secondary N) is 1. The molecule has 2 N–H and O–H groups in total. The molecule has 0 aliphatic carbocycles. The predicted octanol–water partition coefficient (Wildman–Crippen LogP) is 1.09. The van der Waals surface area contributed by atoms with Crippen LogP contribution >= 0.6 is 0 Å². The topological polar surface area (TPSA) is 69.6 Å². The molecule has 1 amide bonds. The quantitative estimate of drug-likeness (QED) is 0.801. The molecule has 2 atom stereocenters. The zero-order valence-electron chi connectivity index (χ0n) is 11.9. The highest BCUT2D eigenvalue weighted by atomic mass is 16.4. The Morgan fingerprint density at radius 2 is 1.89 bits per heavy atom. The molecule has 2 aliphatic heterocycles. The standard InChI is InChI=1S/C14H24N2O3/c1-3-13(5-7-15-9-13)11(17)16-8-6-14(4-2,10-16)12(18)19/h15H,3-10H2,1-2H3,(H,18,19). The van der Waals surface area contributed by atoms with E-state index in [9.17, 15) is 14.7 Å². The van der Waals surface area contributed by atoms with Crippen LogP contribution < -0.4 is 5.32 Å². The molecule has 108 valence electrons. The molecule has 0 spiro atoms. The summed E-state index contributed by atoms with van der Waals surface area (Å²) in [4.78, 5) is 25.9. The molecule has 2 unspecified atom stereocenters. The van der Waals surface area contributed by atoms with Crippen molar-refractivity contribution < 1.29 is 14.7 Å². The van der Waals surface area contributed by atoms with Gasteiger partial charge in [-0.15, -0.1) is 0 Å². The summed E-state index contributed by atoms with van der Waals surface area (Å²) in [5.74, 6) is -0.614. The number of hydrogen-bond donors (Lipinski definition) is 2. The minimum absolute atomic E-state index is 0.150. The van der Waals surface area contributed by atoms with Gasteiger partial charge in [0.1, 0.15) is 0 Å². The molecule has 2 heterocycles. The Kier molecular flexibility index (Phi) is 3.85. The molecule has 19 heavy (non-hydrogen) atoms. The Hall–Kier alpha value is -1.10. The largest absolute Gasteiger partial charge is 0.481 e. The van der Waals surface area contributed by atoms with Crippen LogP contribution in [0.3, 0.4) is 0 Å². The maximum Gasteiger partial charge on any atom is 0.311 e. The van der Waals surface area contributed by atoms with Crippen molar-refractivity contribution in [3.63, 3.8) is 0 Å². The number of nitrogens with zero attached hydrogens (tertiary/aromatic N) is 1. The van der Waals surface area contributed by atoms with Crippen LogP contribution in [0.25, 0.3) is 0 Å². The molecule has 2 fully saturated rings. The fourth-order valence-corrected chi connectivity index (χ4v) is 3.37. The lowest BCUT2D eigenvalue weighted by Crippen LogP contribution is -2.45. The molecule has 0 aromatic heterocycles. The lowest BCUT2D eigenvalue weighted by atomic mass is 9.82.